The fraction of sp³-hybridized carbons (Fsp3) is 0.529. The number of nitrogens with zero attached hydrogens (tertiary/aromatic N) is 1. The molecule has 2 aliphatic rings. The topological polar surface area (TPSA) is 69.6 Å². The number of hydrogen-bond donors (Lipinski definition) is 2. The van der Waals surface area contributed by atoms with Crippen LogP contribution in [0.3, 0.4) is 0 Å². The molecule has 0 radical (unpaired) electrons. The zero-order valence-corrected chi connectivity index (χ0v) is 13.7. The van der Waals surface area contributed by atoms with E-state index in [1.807, 2.05) is 0 Å². The van der Waals surface area contributed by atoms with Gasteiger partial charge in [-0.1, -0.05) is 55.5 Å². The summed E-state index contributed by atoms with van der Waals surface area (Å²) < 4.78 is 0. The lowest BCUT2D eigenvalue weighted by Gasteiger charge is -2.25. The molecule has 0 bridgehead atoms. The van der Waals surface area contributed by atoms with Crippen molar-refractivity contribution < 1.29 is 14.7 Å². The summed E-state index contributed by atoms with van der Waals surface area (Å²) in [5.41, 5.74) is -0.245. The van der Waals surface area contributed by atoms with Gasteiger partial charge in [0.05, 0.1) is 12.6 Å². The van der Waals surface area contributed by atoms with Gasteiger partial charge in [0, 0.05) is 10.6 Å². The van der Waals surface area contributed by atoms with E-state index in [4.69, 9.17) is 11.6 Å². The molecule has 1 aliphatic heterocycles. The average molecular weight is 337 g/mol. The quantitative estimate of drug-likeness (QED) is 0.834. The first kappa shape index (κ1) is 16.3. The number of nitrogens with one attached hydrogen (secondary N) is 1. The number of rotatable bonds is 3. The number of imide groups is 1. The van der Waals surface area contributed by atoms with Gasteiger partial charge in [-0.25, -0.2) is 4.79 Å². The molecule has 1 aliphatic carbocycles. The second-order valence-corrected chi connectivity index (χ2v) is 6.79. The van der Waals surface area contributed by atoms with Crippen molar-refractivity contribution in [1.29, 1.82) is 0 Å². The Kier molecular flexibility index (Phi) is 4.60. The summed E-state index contributed by atoms with van der Waals surface area (Å²) in [7, 11) is 0. The molecule has 2 fully saturated rings. The van der Waals surface area contributed by atoms with Crippen LogP contribution in [0, 0.1) is 0 Å². The number of carbonyl (C=O) groups excluding carboxylic acids is 2. The number of β-amino-alcohol motifs (C(OH)–C–C–N with tert-alkyl or cyclic N) is 1. The largest absolute Gasteiger partial charge is 0.386 e. The Hall–Kier alpha value is -1.59. The highest BCUT2D eigenvalue weighted by Crippen LogP contribution is 2.34. The van der Waals surface area contributed by atoms with E-state index in [1.165, 1.54) is 0 Å². The molecular formula is C17H21ClN2O3. The van der Waals surface area contributed by atoms with Crippen LogP contribution >= 0.6 is 11.6 Å². The summed E-state index contributed by atoms with van der Waals surface area (Å²) in [6.45, 7) is -0.0733. The number of urea groups is 1. The second kappa shape index (κ2) is 6.49. The predicted molar refractivity (Wildman–Crippen MR) is 87.1 cm³/mol. The van der Waals surface area contributed by atoms with Crippen LogP contribution in [-0.4, -0.2) is 34.0 Å². The molecule has 3 amide bonds. The van der Waals surface area contributed by atoms with Gasteiger partial charge in [0.25, 0.3) is 5.91 Å². The minimum atomic E-state index is -0.987. The molecule has 5 nitrogen and oxygen atoms in total. The van der Waals surface area contributed by atoms with Crippen molar-refractivity contribution >= 4 is 23.5 Å². The summed E-state index contributed by atoms with van der Waals surface area (Å²) in [5.74, 6) is -0.212. The third-order valence-electron chi connectivity index (χ3n) is 4.82. The number of carbonyl (C=O) groups is 2. The molecule has 1 saturated heterocycles. The van der Waals surface area contributed by atoms with Crippen molar-refractivity contribution in [3.05, 3.63) is 34.9 Å². The SMILES string of the molecule is O=C1NC2(CCCCCC2)C(=O)N1CC(O)c1ccccc1Cl. The van der Waals surface area contributed by atoms with E-state index in [2.05, 4.69) is 5.32 Å². The zero-order chi connectivity index (χ0) is 16.4. The first-order valence-electron chi connectivity index (χ1n) is 8.10. The Labute approximate surface area is 140 Å². The van der Waals surface area contributed by atoms with Crippen molar-refractivity contribution in [2.45, 2.75) is 50.2 Å². The van der Waals surface area contributed by atoms with Gasteiger partial charge in [0.2, 0.25) is 0 Å². The standard InChI is InChI=1S/C17H21ClN2O3/c18-13-8-4-3-7-12(13)14(21)11-20-15(22)17(19-16(20)23)9-5-1-2-6-10-17/h3-4,7-8,14,21H,1-2,5-6,9-11H2,(H,19,23). The minimum absolute atomic E-state index is 0.0733. The summed E-state index contributed by atoms with van der Waals surface area (Å²) >= 11 is 6.08. The third kappa shape index (κ3) is 3.08. The second-order valence-electron chi connectivity index (χ2n) is 6.38. The van der Waals surface area contributed by atoms with E-state index in [-0.39, 0.29) is 12.5 Å². The van der Waals surface area contributed by atoms with E-state index < -0.39 is 17.7 Å². The molecule has 2 N–H and O–H groups in total. The van der Waals surface area contributed by atoms with Gasteiger partial charge >= 0.3 is 6.03 Å². The molecule has 124 valence electrons. The third-order valence-corrected chi connectivity index (χ3v) is 5.17. The smallest absolute Gasteiger partial charge is 0.325 e. The Bertz CT molecular complexity index is 612. The van der Waals surface area contributed by atoms with Gasteiger partial charge in [-0.3, -0.25) is 9.69 Å². The maximum atomic E-state index is 12.8. The van der Waals surface area contributed by atoms with Crippen molar-refractivity contribution in [2.24, 2.45) is 0 Å². The molecule has 6 heteroatoms. The van der Waals surface area contributed by atoms with Gasteiger partial charge in [-0.2, -0.15) is 0 Å². The van der Waals surface area contributed by atoms with Crippen LogP contribution in [0.15, 0.2) is 24.3 Å². The first-order valence-corrected chi connectivity index (χ1v) is 8.48. The molecule has 0 aromatic heterocycles. The Morgan fingerprint density at radius 1 is 1.17 bits per heavy atom. The van der Waals surface area contributed by atoms with Crippen LogP contribution in [-0.2, 0) is 4.79 Å². The number of aliphatic hydroxyl groups excluding tert-OH is 1. The van der Waals surface area contributed by atoms with Crippen LogP contribution < -0.4 is 5.32 Å². The minimum Gasteiger partial charge on any atom is -0.386 e. The van der Waals surface area contributed by atoms with Crippen LogP contribution in [0.5, 0.6) is 0 Å². The van der Waals surface area contributed by atoms with E-state index >= 15 is 0 Å². The van der Waals surface area contributed by atoms with Crippen molar-refractivity contribution in [3.63, 3.8) is 0 Å². The lowest BCUT2D eigenvalue weighted by Crippen LogP contribution is -2.46. The summed E-state index contributed by atoms with van der Waals surface area (Å²) in [6, 6.07) is 6.50. The molecule has 1 aromatic rings. The Balaban J connectivity index is 1.77. The van der Waals surface area contributed by atoms with Gasteiger partial charge in [0.15, 0.2) is 0 Å². The summed E-state index contributed by atoms with van der Waals surface area (Å²) in [6.07, 6.45) is 4.42. The van der Waals surface area contributed by atoms with E-state index in [0.29, 0.717) is 23.4 Å². The lowest BCUT2D eigenvalue weighted by molar-refractivity contribution is -0.132. The van der Waals surface area contributed by atoms with Crippen molar-refractivity contribution in [3.8, 4) is 0 Å². The van der Waals surface area contributed by atoms with Crippen LogP contribution in [0.1, 0.15) is 50.2 Å². The molecule has 1 unspecified atom stereocenters. The van der Waals surface area contributed by atoms with Crippen LogP contribution in [0.2, 0.25) is 5.02 Å². The van der Waals surface area contributed by atoms with Crippen molar-refractivity contribution in [2.75, 3.05) is 6.54 Å². The molecule has 1 saturated carbocycles. The number of benzene rings is 1. The van der Waals surface area contributed by atoms with Crippen LogP contribution in [0.25, 0.3) is 0 Å². The highest BCUT2D eigenvalue weighted by Gasteiger charge is 2.51. The number of halogens is 1. The molecule has 1 atom stereocenters. The fourth-order valence-corrected chi connectivity index (χ4v) is 3.79. The lowest BCUT2D eigenvalue weighted by atomic mass is 9.90. The van der Waals surface area contributed by atoms with Gasteiger partial charge < -0.3 is 10.4 Å². The molecule has 3 rings (SSSR count). The summed E-state index contributed by atoms with van der Waals surface area (Å²) in [4.78, 5) is 26.2. The predicted octanol–water partition coefficient (Wildman–Crippen LogP) is 3.02. The maximum Gasteiger partial charge on any atom is 0.325 e. The van der Waals surface area contributed by atoms with Gasteiger partial charge in [0.1, 0.15) is 5.54 Å². The highest BCUT2D eigenvalue weighted by atomic mass is 35.5. The molecule has 23 heavy (non-hydrogen) atoms. The molecule has 1 aromatic carbocycles. The molecular weight excluding hydrogens is 316 g/mol. The fourth-order valence-electron chi connectivity index (χ4n) is 3.53. The van der Waals surface area contributed by atoms with E-state index in [9.17, 15) is 14.7 Å². The van der Waals surface area contributed by atoms with E-state index in [0.717, 1.165) is 30.6 Å². The molecule has 1 spiro atoms. The van der Waals surface area contributed by atoms with Gasteiger partial charge in [-0.15, -0.1) is 0 Å². The van der Waals surface area contributed by atoms with Crippen LogP contribution in [0.4, 0.5) is 4.79 Å². The average Bonchev–Trinajstić information content (AvgIpc) is 2.72. The number of amides is 3. The van der Waals surface area contributed by atoms with Crippen molar-refractivity contribution in [1.82, 2.24) is 10.2 Å². The Morgan fingerprint density at radius 3 is 2.48 bits per heavy atom. The maximum absolute atomic E-state index is 12.8. The monoisotopic (exact) mass is 336 g/mol. The normalized spacial score (nSPS) is 22.1. The number of hydrogen-bond acceptors (Lipinski definition) is 3. The van der Waals surface area contributed by atoms with Gasteiger partial charge in [-0.05, 0) is 18.9 Å². The van der Waals surface area contributed by atoms with E-state index in [1.54, 1.807) is 24.3 Å². The summed E-state index contributed by atoms with van der Waals surface area (Å²) in [5, 5.41) is 13.7. The highest BCUT2D eigenvalue weighted by molar-refractivity contribution is 6.31. The Morgan fingerprint density at radius 2 is 1.83 bits per heavy atom. The number of aliphatic hydroxyl groups is 1. The zero-order valence-electron chi connectivity index (χ0n) is 12.9. The first-order chi connectivity index (χ1) is 11.0. The molecule has 1 heterocycles.